The van der Waals surface area contributed by atoms with Crippen molar-refractivity contribution in [1.29, 1.82) is 0 Å². The van der Waals surface area contributed by atoms with Crippen LogP contribution in [0.1, 0.15) is 85.8 Å². The lowest BCUT2D eigenvalue weighted by Crippen LogP contribution is -2.59. The van der Waals surface area contributed by atoms with E-state index in [-0.39, 0.29) is 49.3 Å². The molecule has 2 rings (SSSR count). The maximum atomic E-state index is 13.9. The van der Waals surface area contributed by atoms with E-state index >= 15 is 0 Å². The van der Waals surface area contributed by atoms with E-state index in [9.17, 15) is 33.9 Å². The van der Waals surface area contributed by atoms with Gasteiger partial charge < -0.3 is 37.4 Å². The fourth-order valence-electron chi connectivity index (χ4n) is 6.00. The molecular weight excluding hydrogens is 688 g/mol. The van der Waals surface area contributed by atoms with Crippen LogP contribution in [0, 0.1) is 23.7 Å². The van der Waals surface area contributed by atoms with Crippen LogP contribution in [-0.2, 0) is 41.6 Å². The second-order valence-electron chi connectivity index (χ2n) is 15.6. The summed E-state index contributed by atoms with van der Waals surface area (Å²) in [6.07, 6.45) is 0.745. The fraction of sp³-hybridized carbons (Fsp3) is 0.561. The first-order chi connectivity index (χ1) is 25.4. The Balaban J connectivity index is 2.30. The highest BCUT2D eigenvalue weighted by Crippen LogP contribution is 2.13. The van der Waals surface area contributed by atoms with Gasteiger partial charge in [-0.2, -0.15) is 0 Å². The van der Waals surface area contributed by atoms with Gasteiger partial charge in [-0.05, 0) is 47.6 Å². The predicted molar refractivity (Wildman–Crippen MR) is 209 cm³/mol. The van der Waals surface area contributed by atoms with Crippen molar-refractivity contribution < 1.29 is 33.9 Å². The molecule has 6 atom stereocenters. The highest BCUT2D eigenvalue weighted by atomic mass is 16.4. The summed E-state index contributed by atoms with van der Waals surface area (Å²) in [7, 11) is 0. The van der Waals surface area contributed by atoms with Crippen molar-refractivity contribution in [1.82, 2.24) is 26.6 Å². The normalized spacial score (nSPS) is 14.8. The van der Waals surface area contributed by atoms with E-state index in [4.69, 9.17) is 5.73 Å². The van der Waals surface area contributed by atoms with Gasteiger partial charge in [0.2, 0.25) is 29.5 Å². The van der Waals surface area contributed by atoms with E-state index in [1.54, 1.807) is 52.0 Å². The number of carbonyl (C=O) groups excluding carboxylic acids is 5. The molecule has 0 bridgehead atoms. The van der Waals surface area contributed by atoms with Crippen LogP contribution in [0.2, 0.25) is 0 Å². The van der Waals surface area contributed by atoms with E-state index in [1.807, 2.05) is 64.1 Å². The van der Waals surface area contributed by atoms with Gasteiger partial charge in [0, 0.05) is 31.3 Å². The number of carboxylic acids is 1. The Morgan fingerprint density at radius 1 is 0.556 bits per heavy atom. The Hall–Kier alpha value is -4.78. The topological polar surface area (TPSA) is 209 Å². The van der Waals surface area contributed by atoms with Crippen molar-refractivity contribution in [3.05, 3.63) is 71.8 Å². The van der Waals surface area contributed by atoms with Gasteiger partial charge in [0.1, 0.15) is 24.2 Å². The smallest absolute Gasteiger partial charge is 0.326 e. The maximum absolute atomic E-state index is 13.9. The molecule has 298 valence electrons. The van der Waals surface area contributed by atoms with Crippen molar-refractivity contribution in [3.8, 4) is 0 Å². The lowest BCUT2D eigenvalue weighted by Gasteiger charge is -2.30. The highest BCUT2D eigenvalue weighted by Gasteiger charge is 2.33. The number of hydrogen-bond donors (Lipinski definition) is 7. The summed E-state index contributed by atoms with van der Waals surface area (Å²) >= 11 is 0. The molecular formula is C41H62N6O7. The average molecular weight is 751 g/mol. The van der Waals surface area contributed by atoms with Crippen molar-refractivity contribution in [2.45, 2.75) is 124 Å². The molecule has 0 aromatic heterocycles. The molecule has 13 nitrogen and oxygen atoms in total. The first kappa shape index (κ1) is 45.4. The molecule has 2 aromatic carbocycles. The minimum absolute atomic E-state index is 0.0954. The molecule has 0 aliphatic carbocycles. The van der Waals surface area contributed by atoms with Crippen LogP contribution >= 0.6 is 0 Å². The molecule has 0 aliphatic heterocycles. The number of benzene rings is 2. The monoisotopic (exact) mass is 750 g/mol. The van der Waals surface area contributed by atoms with Crippen molar-refractivity contribution in [2.75, 3.05) is 0 Å². The second kappa shape index (κ2) is 22.4. The van der Waals surface area contributed by atoms with Crippen molar-refractivity contribution in [3.63, 3.8) is 0 Å². The molecule has 8 N–H and O–H groups in total. The van der Waals surface area contributed by atoms with Gasteiger partial charge in [-0.1, -0.05) is 116 Å². The average Bonchev–Trinajstić information content (AvgIpc) is 3.08. The zero-order valence-electron chi connectivity index (χ0n) is 33.1. The van der Waals surface area contributed by atoms with Crippen LogP contribution < -0.4 is 32.3 Å². The fourth-order valence-corrected chi connectivity index (χ4v) is 6.00. The van der Waals surface area contributed by atoms with Crippen LogP contribution in [0.3, 0.4) is 0 Å². The number of carbonyl (C=O) groups is 6. The van der Waals surface area contributed by atoms with Crippen molar-refractivity contribution in [2.24, 2.45) is 29.4 Å². The number of nitrogens with one attached hydrogen (secondary N) is 5. The van der Waals surface area contributed by atoms with E-state index < -0.39 is 71.8 Å². The zero-order valence-corrected chi connectivity index (χ0v) is 33.1. The molecule has 0 saturated carbocycles. The standard InChI is InChI=1S/C41H62N6O7/c1-24(2)19-32(43-34(48)20-25(3)4)38(50)46-36(26(5)6)40(52)45-31(21-28-15-11-9-12-16-28)30(42)23-35(49)44-33(22-29-17-13-10-14-18-29)39(51)47-37(27(7)8)41(53)54/h9-18,24-27,30-33,36-37H,19-23,42H2,1-8H3,(H,43,48)(H,44,49)(H,45,52)(H,46,50)(H,47,51)(H,53,54)/t30?,31?,32-,33?,36-,37-/m0/s1. The molecule has 13 heteroatoms. The van der Waals surface area contributed by atoms with Crippen LogP contribution in [0.25, 0.3) is 0 Å². The summed E-state index contributed by atoms with van der Waals surface area (Å²) in [6.45, 7) is 14.7. The summed E-state index contributed by atoms with van der Waals surface area (Å²) in [6, 6.07) is 12.6. The Morgan fingerprint density at radius 2 is 1.02 bits per heavy atom. The van der Waals surface area contributed by atoms with Gasteiger partial charge in [0.25, 0.3) is 0 Å². The van der Waals surface area contributed by atoms with Crippen molar-refractivity contribution >= 4 is 35.5 Å². The van der Waals surface area contributed by atoms with Crippen LogP contribution in [0.15, 0.2) is 60.7 Å². The molecule has 0 radical (unpaired) electrons. The predicted octanol–water partition coefficient (Wildman–Crippen LogP) is 3.10. The quantitative estimate of drug-likeness (QED) is 0.0949. The second-order valence-corrected chi connectivity index (χ2v) is 15.6. The number of hydrogen-bond acceptors (Lipinski definition) is 7. The Labute approximate surface area is 320 Å². The maximum Gasteiger partial charge on any atom is 0.326 e. The minimum Gasteiger partial charge on any atom is -0.480 e. The number of nitrogens with two attached hydrogens (primary N) is 1. The SMILES string of the molecule is CC(C)CC(=O)N[C@@H](CC(C)C)C(=O)N[C@H](C(=O)NC(Cc1ccccc1)C(N)CC(=O)NC(Cc1ccccc1)C(=O)N[C@H](C(=O)O)C(C)C)C(C)C. The van der Waals surface area contributed by atoms with Crippen LogP contribution in [0.4, 0.5) is 0 Å². The number of amides is 5. The molecule has 0 aliphatic rings. The first-order valence-electron chi connectivity index (χ1n) is 18.9. The highest BCUT2D eigenvalue weighted by molar-refractivity contribution is 5.93. The summed E-state index contributed by atoms with van der Waals surface area (Å²) in [4.78, 5) is 78.9. The minimum atomic E-state index is -1.19. The number of aliphatic carboxylic acids is 1. The van der Waals surface area contributed by atoms with Crippen LogP contribution in [0.5, 0.6) is 0 Å². The van der Waals surface area contributed by atoms with Gasteiger partial charge >= 0.3 is 5.97 Å². The van der Waals surface area contributed by atoms with E-state index in [2.05, 4.69) is 26.6 Å². The molecule has 2 aromatic rings. The Bertz CT molecular complexity index is 1520. The van der Waals surface area contributed by atoms with E-state index in [0.717, 1.165) is 11.1 Å². The molecule has 0 spiro atoms. The summed E-state index contributed by atoms with van der Waals surface area (Å²) < 4.78 is 0. The van der Waals surface area contributed by atoms with Crippen LogP contribution in [-0.4, -0.2) is 76.9 Å². The summed E-state index contributed by atoms with van der Waals surface area (Å²) in [5.74, 6) is -4.15. The summed E-state index contributed by atoms with van der Waals surface area (Å²) in [5, 5.41) is 23.6. The van der Waals surface area contributed by atoms with Gasteiger partial charge in [-0.15, -0.1) is 0 Å². The molecule has 0 fully saturated rings. The number of rotatable bonds is 22. The van der Waals surface area contributed by atoms with Gasteiger partial charge in [-0.25, -0.2) is 4.79 Å². The third kappa shape index (κ3) is 16.1. The summed E-state index contributed by atoms with van der Waals surface area (Å²) in [5.41, 5.74) is 8.27. The van der Waals surface area contributed by atoms with Gasteiger partial charge in [0.05, 0.1) is 0 Å². The lowest BCUT2D eigenvalue weighted by atomic mass is 9.95. The molecule has 0 heterocycles. The molecule has 54 heavy (non-hydrogen) atoms. The van der Waals surface area contributed by atoms with E-state index in [0.29, 0.717) is 6.42 Å². The molecule has 5 amide bonds. The first-order valence-corrected chi connectivity index (χ1v) is 18.9. The van der Waals surface area contributed by atoms with Gasteiger partial charge in [-0.3, -0.25) is 24.0 Å². The Morgan fingerprint density at radius 3 is 1.50 bits per heavy atom. The number of carboxylic acid groups (broad SMARTS) is 1. The van der Waals surface area contributed by atoms with Gasteiger partial charge in [0.15, 0.2) is 0 Å². The van der Waals surface area contributed by atoms with E-state index in [1.165, 1.54) is 0 Å². The third-order valence-electron chi connectivity index (χ3n) is 8.93. The molecule has 3 unspecified atom stereocenters. The zero-order chi connectivity index (χ0) is 40.5. The molecule has 0 saturated heterocycles. The largest absolute Gasteiger partial charge is 0.480 e. The lowest BCUT2D eigenvalue weighted by molar-refractivity contribution is -0.143. The Kier molecular flexibility index (Phi) is 18.9. The third-order valence-corrected chi connectivity index (χ3v) is 8.93.